The molecule has 0 aliphatic heterocycles. The molecule has 0 bridgehead atoms. The molecular weight excluding hydrogens is 493 g/mol. The second-order valence-electron chi connectivity index (χ2n) is 5.88. The molecule has 1 aliphatic rings. The molecule has 1 aliphatic carbocycles. The van der Waals surface area contributed by atoms with Crippen LogP contribution >= 0.6 is 38.5 Å². The van der Waals surface area contributed by atoms with Crippen molar-refractivity contribution in [2.45, 2.75) is 16.9 Å². The van der Waals surface area contributed by atoms with E-state index in [0.29, 0.717) is 10.5 Å². The van der Waals surface area contributed by atoms with E-state index < -0.39 is 0 Å². The van der Waals surface area contributed by atoms with Crippen molar-refractivity contribution < 1.29 is 0 Å². The number of rotatable bonds is 3. The molecule has 0 spiro atoms. The monoisotopic (exact) mass is 506 g/mol. The summed E-state index contributed by atoms with van der Waals surface area (Å²) in [5, 5.41) is 7.12. The van der Waals surface area contributed by atoms with Gasteiger partial charge in [0.2, 0.25) is 4.91 Å². The Morgan fingerprint density at radius 1 is 1.40 bits per heavy atom. The first-order valence-corrected chi connectivity index (χ1v) is 9.86. The third-order valence-corrected chi connectivity index (χ3v) is 5.65. The molecule has 2 heterocycles. The van der Waals surface area contributed by atoms with Gasteiger partial charge in [0.15, 0.2) is 0 Å². The summed E-state index contributed by atoms with van der Waals surface area (Å²) in [4.78, 5) is 11.4. The highest BCUT2D eigenvalue weighted by molar-refractivity contribution is 14.1. The lowest BCUT2D eigenvalue weighted by Crippen LogP contribution is -2.35. The molecule has 3 aromatic rings. The van der Waals surface area contributed by atoms with Crippen LogP contribution in [0.4, 0.5) is 0 Å². The fourth-order valence-electron chi connectivity index (χ4n) is 3.14. The van der Waals surface area contributed by atoms with E-state index in [1.807, 2.05) is 12.3 Å². The fourth-order valence-corrected chi connectivity index (χ4v) is 4.11. The zero-order chi connectivity index (χ0) is 17.4. The number of halogens is 2. The van der Waals surface area contributed by atoms with Crippen LogP contribution < -0.4 is 15.5 Å². The molecule has 5 nitrogen and oxygen atoms in total. The van der Waals surface area contributed by atoms with E-state index >= 15 is 0 Å². The number of hydrogen-bond donors (Lipinski definition) is 2. The first-order valence-electron chi connectivity index (χ1n) is 7.82. The van der Waals surface area contributed by atoms with Gasteiger partial charge in [0.1, 0.15) is 17.2 Å². The number of alkyl halides is 1. The number of H-pyrrole nitrogens is 1. The molecule has 1 atom stereocenters. The molecule has 2 N–H and O–H groups in total. The Morgan fingerprint density at radius 3 is 3.12 bits per heavy atom. The number of nitrogens with zero attached hydrogens (tertiary/aromatic N) is 3. The van der Waals surface area contributed by atoms with E-state index in [9.17, 15) is 0 Å². The van der Waals surface area contributed by atoms with Crippen molar-refractivity contribution in [1.82, 2.24) is 14.9 Å². The molecule has 1 aromatic carbocycles. The summed E-state index contributed by atoms with van der Waals surface area (Å²) in [7, 11) is 0. The molecule has 4 rings (SSSR count). The summed E-state index contributed by atoms with van der Waals surface area (Å²) in [6.45, 7) is 0.390. The minimum Gasteiger partial charge on any atom is -0.360 e. The minimum atomic E-state index is 0.390. The van der Waals surface area contributed by atoms with E-state index in [4.69, 9.17) is 10.5 Å². The van der Waals surface area contributed by atoms with Crippen molar-refractivity contribution in [3.05, 3.63) is 51.1 Å². The summed E-state index contributed by atoms with van der Waals surface area (Å²) in [5.74, 6) is 0. The van der Waals surface area contributed by atoms with Gasteiger partial charge in [0, 0.05) is 36.3 Å². The van der Waals surface area contributed by atoms with E-state index in [-0.39, 0.29) is 0 Å². The quantitative estimate of drug-likeness (QED) is 0.241. The first-order chi connectivity index (χ1) is 12.2. The summed E-state index contributed by atoms with van der Waals surface area (Å²) in [5.41, 5.74) is 11.1. The van der Waals surface area contributed by atoms with Crippen molar-refractivity contribution >= 4 is 61.6 Å². The highest BCUT2D eigenvalue weighted by Crippen LogP contribution is 2.29. The maximum atomic E-state index is 6.97. The first kappa shape index (κ1) is 16.6. The summed E-state index contributed by atoms with van der Waals surface area (Å²) in [6, 6.07) is 8.24. The highest BCUT2D eigenvalue weighted by atomic mass is 127. The van der Waals surface area contributed by atoms with Crippen LogP contribution in [0, 0.1) is 5.53 Å². The number of nitrogens with one attached hydrogen (secondary N) is 2. The van der Waals surface area contributed by atoms with E-state index in [0.717, 1.165) is 49.2 Å². The average Bonchev–Trinajstić information content (AvgIpc) is 3.02. The molecule has 2 aromatic heterocycles. The van der Waals surface area contributed by atoms with Crippen molar-refractivity contribution in [3.63, 3.8) is 0 Å². The Hall–Kier alpha value is -1.83. The van der Waals surface area contributed by atoms with Crippen LogP contribution in [0.3, 0.4) is 0 Å². The van der Waals surface area contributed by atoms with Gasteiger partial charge < -0.3 is 4.98 Å². The van der Waals surface area contributed by atoms with Crippen LogP contribution in [0.5, 0.6) is 0 Å². The van der Waals surface area contributed by atoms with Crippen molar-refractivity contribution in [2.75, 3.05) is 0 Å². The van der Waals surface area contributed by atoms with Gasteiger partial charge in [-0.25, -0.2) is 4.98 Å². The van der Waals surface area contributed by atoms with Crippen LogP contribution in [0.2, 0.25) is 0 Å². The molecule has 0 amide bonds. The van der Waals surface area contributed by atoms with E-state index in [1.54, 1.807) is 0 Å². The van der Waals surface area contributed by atoms with Gasteiger partial charge in [0.05, 0.1) is 11.0 Å². The smallest absolute Gasteiger partial charge is 0.214 e. The molecule has 0 radical (unpaired) electrons. The predicted molar refractivity (Wildman–Crippen MR) is 111 cm³/mol. The Kier molecular flexibility index (Phi) is 4.54. The number of aromatic amines is 1. The van der Waals surface area contributed by atoms with E-state index in [1.165, 1.54) is 0 Å². The molecule has 7 heteroatoms. The summed E-state index contributed by atoms with van der Waals surface area (Å²) < 4.78 is 1.49. The maximum absolute atomic E-state index is 6.97. The molecule has 25 heavy (non-hydrogen) atoms. The third kappa shape index (κ3) is 3.19. The van der Waals surface area contributed by atoms with E-state index in [2.05, 4.69) is 83.9 Å². The Morgan fingerprint density at radius 2 is 2.28 bits per heavy atom. The van der Waals surface area contributed by atoms with Gasteiger partial charge in [-0.1, -0.05) is 50.7 Å². The molecule has 0 saturated heterocycles. The minimum absolute atomic E-state index is 0.390. The fraction of sp³-hybridized carbons (Fsp3) is 0.167. The van der Waals surface area contributed by atoms with Crippen molar-refractivity contribution in [2.24, 2.45) is 5.11 Å². The standard InChI is InChI=1S/C18H14BrIN5/c19-11-1-3-16-14(6-11)15(9-22-16)18-5-10(8-23-25-21)13-7-12(20)2-4-17(13)24-18/h1,3-7,9,12,21-22H,2,8H2/q+1. The number of fused-ring (bicyclic) bond motifs is 2. The zero-order valence-electron chi connectivity index (χ0n) is 13.1. The second-order valence-corrected chi connectivity index (χ2v) is 8.40. The number of hydrogen-bond acceptors (Lipinski definition) is 3. The molecular formula is C18H14BrIN5+. The summed E-state index contributed by atoms with van der Waals surface area (Å²) >= 11 is 5.97. The molecule has 124 valence electrons. The Bertz CT molecular complexity index is 1140. The van der Waals surface area contributed by atoms with Crippen LogP contribution in [0.15, 0.2) is 40.0 Å². The number of benzene rings is 1. The van der Waals surface area contributed by atoms with Gasteiger partial charge in [-0.15, -0.1) is 0 Å². The van der Waals surface area contributed by atoms with Gasteiger partial charge in [-0.05, 0) is 36.2 Å². The van der Waals surface area contributed by atoms with Gasteiger partial charge in [0.25, 0.3) is 0 Å². The largest absolute Gasteiger partial charge is 0.360 e. The lowest BCUT2D eigenvalue weighted by molar-refractivity contribution is 0.849. The molecule has 0 saturated carbocycles. The van der Waals surface area contributed by atoms with Crippen molar-refractivity contribution in [1.29, 1.82) is 5.53 Å². The molecule has 1 unspecified atom stereocenters. The van der Waals surface area contributed by atoms with Gasteiger partial charge >= 0.3 is 0 Å². The molecule has 0 fully saturated rings. The summed E-state index contributed by atoms with van der Waals surface area (Å²) in [6.07, 6.45) is 7.38. The lowest BCUT2D eigenvalue weighted by atomic mass is 10.0. The lowest BCUT2D eigenvalue weighted by Gasteiger charge is -2.10. The van der Waals surface area contributed by atoms with Crippen LogP contribution in [0.25, 0.3) is 34.3 Å². The normalized spacial score (nSPS) is 15.8. The van der Waals surface area contributed by atoms with Crippen LogP contribution in [0.1, 0.15) is 12.0 Å². The predicted octanol–water partition coefficient (Wildman–Crippen LogP) is 3.81. The number of aromatic nitrogens is 2. The number of pyridine rings is 1. The Labute approximate surface area is 165 Å². The van der Waals surface area contributed by atoms with Gasteiger partial charge in [-0.2, -0.15) is 0 Å². The topological polar surface area (TPSA) is 79.0 Å². The SMILES string of the molecule is N=[N+]=NCc1cc(-c2c[nH]c3ccc(Br)cc23)nc2c1=CC(I)CC=2. The second kappa shape index (κ2) is 6.82. The maximum Gasteiger partial charge on any atom is 0.214 e. The highest BCUT2D eigenvalue weighted by Gasteiger charge is 2.14. The zero-order valence-corrected chi connectivity index (χ0v) is 16.9. The van der Waals surface area contributed by atoms with Crippen molar-refractivity contribution in [3.8, 4) is 11.3 Å². The van der Waals surface area contributed by atoms with Gasteiger partial charge in [-0.3, -0.25) is 0 Å². The van der Waals surface area contributed by atoms with Crippen LogP contribution in [-0.2, 0) is 6.54 Å². The van der Waals surface area contributed by atoms with Crippen LogP contribution in [-0.4, -0.2) is 13.9 Å². The average molecular weight is 507 g/mol. The Balaban J connectivity index is 1.98. The third-order valence-electron chi connectivity index (χ3n) is 4.29.